The van der Waals surface area contributed by atoms with Crippen LogP contribution >= 0.6 is 11.6 Å². The summed E-state index contributed by atoms with van der Waals surface area (Å²) < 4.78 is 0. The minimum Gasteiger partial charge on any atom is -0.326 e. The van der Waals surface area contributed by atoms with Gasteiger partial charge in [-0.05, 0) is 49.2 Å². The van der Waals surface area contributed by atoms with E-state index < -0.39 is 11.8 Å². The highest BCUT2D eigenvalue weighted by molar-refractivity contribution is 6.30. The number of benzene rings is 1. The summed E-state index contributed by atoms with van der Waals surface area (Å²) in [6.07, 6.45) is 8.18. The van der Waals surface area contributed by atoms with Crippen LogP contribution in [-0.2, 0) is 9.59 Å². The standard InChI is InChI=1S/C19H18ClN3O2/c20-13-7-9-14(10-8-13)22-18(24)16-5-1-2-6-17(16)19(25)23-15-4-3-11-21-12-15/h1-4,7-12,16-17H,5-6H2,(H,22,24)(H,23,25). The van der Waals surface area contributed by atoms with Crippen LogP contribution in [0, 0.1) is 11.8 Å². The lowest BCUT2D eigenvalue weighted by atomic mass is 9.81. The topological polar surface area (TPSA) is 71.1 Å². The summed E-state index contributed by atoms with van der Waals surface area (Å²) in [5, 5.41) is 6.30. The van der Waals surface area contributed by atoms with Gasteiger partial charge < -0.3 is 10.6 Å². The van der Waals surface area contributed by atoms with Gasteiger partial charge in [-0.3, -0.25) is 14.6 Å². The Labute approximate surface area is 151 Å². The fraction of sp³-hybridized carbons (Fsp3) is 0.211. The van der Waals surface area contributed by atoms with Crippen molar-refractivity contribution in [2.24, 2.45) is 11.8 Å². The molecule has 1 aromatic heterocycles. The molecule has 0 saturated heterocycles. The number of hydrogen-bond donors (Lipinski definition) is 2. The molecule has 1 heterocycles. The summed E-state index contributed by atoms with van der Waals surface area (Å²) in [5.41, 5.74) is 1.29. The predicted octanol–water partition coefficient (Wildman–Crippen LogP) is 3.89. The third-order valence-corrected chi connectivity index (χ3v) is 4.40. The van der Waals surface area contributed by atoms with Crippen LogP contribution in [0.2, 0.25) is 5.02 Å². The van der Waals surface area contributed by atoms with Gasteiger partial charge in [0.25, 0.3) is 0 Å². The quantitative estimate of drug-likeness (QED) is 0.817. The number of anilines is 2. The molecule has 3 rings (SSSR count). The monoisotopic (exact) mass is 355 g/mol. The molecule has 128 valence electrons. The third-order valence-electron chi connectivity index (χ3n) is 4.15. The maximum atomic E-state index is 12.6. The van der Waals surface area contributed by atoms with Crippen molar-refractivity contribution in [3.05, 3.63) is 66.0 Å². The fourth-order valence-corrected chi connectivity index (χ4v) is 2.96. The predicted molar refractivity (Wildman–Crippen MR) is 98.3 cm³/mol. The van der Waals surface area contributed by atoms with E-state index in [0.717, 1.165) is 0 Å². The number of aromatic nitrogens is 1. The molecule has 0 aliphatic heterocycles. The van der Waals surface area contributed by atoms with Crippen molar-refractivity contribution in [1.82, 2.24) is 4.98 Å². The number of carbonyl (C=O) groups excluding carboxylic acids is 2. The number of nitrogens with zero attached hydrogens (tertiary/aromatic N) is 1. The van der Waals surface area contributed by atoms with Crippen molar-refractivity contribution < 1.29 is 9.59 Å². The zero-order valence-corrected chi connectivity index (χ0v) is 14.2. The average Bonchev–Trinajstić information content (AvgIpc) is 2.64. The van der Waals surface area contributed by atoms with Gasteiger partial charge in [-0.2, -0.15) is 0 Å². The van der Waals surface area contributed by atoms with E-state index in [0.29, 0.717) is 29.2 Å². The molecular weight excluding hydrogens is 338 g/mol. The van der Waals surface area contributed by atoms with Gasteiger partial charge in [0.05, 0.1) is 23.7 Å². The van der Waals surface area contributed by atoms with Crippen LogP contribution in [0.15, 0.2) is 60.9 Å². The Morgan fingerprint density at radius 1 is 0.920 bits per heavy atom. The lowest BCUT2D eigenvalue weighted by molar-refractivity contribution is -0.129. The molecule has 2 unspecified atom stereocenters. The molecule has 2 N–H and O–H groups in total. The van der Waals surface area contributed by atoms with Gasteiger partial charge in [-0.25, -0.2) is 0 Å². The molecule has 0 spiro atoms. The number of nitrogens with one attached hydrogen (secondary N) is 2. The van der Waals surface area contributed by atoms with Crippen LogP contribution in [0.3, 0.4) is 0 Å². The number of halogens is 1. The van der Waals surface area contributed by atoms with E-state index in [1.807, 2.05) is 12.2 Å². The van der Waals surface area contributed by atoms with E-state index in [4.69, 9.17) is 11.6 Å². The SMILES string of the molecule is O=C(Nc1ccc(Cl)cc1)C1CC=CCC1C(=O)Nc1cccnc1. The van der Waals surface area contributed by atoms with Gasteiger partial charge in [0, 0.05) is 16.9 Å². The van der Waals surface area contributed by atoms with Crippen molar-refractivity contribution in [2.75, 3.05) is 10.6 Å². The van der Waals surface area contributed by atoms with Crippen molar-refractivity contribution >= 4 is 34.8 Å². The normalized spacial score (nSPS) is 19.2. The first-order chi connectivity index (χ1) is 12.1. The molecule has 1 aliphatic carbocycles. The van der Waals surface area contributed by atoms with Crippen LogP contribution < -0.4 is 10.6 Å². The molecule has 1 aromatic carbocycles. The molecule has 25 heavy (non-hydrogen) atoms. The Bertz CT molecular complexity index is 775. The number of rotatable bonds is 4. The smallest absolute Gasteiger partial charge is 0.228 e. The zero-order chi connectivity index (χ0) is 17.6. The van der Waals surface area contributed by atoms with Crippen LogP contribution in [-0.4, -0.2) is 16.8 Å². The van der Waals surface area contributed by atoms with Crippen molar-refractivity contribution in [2.45, 2.75) is 12.8 Å². The molecule has 2 atom stereocenters. The van der Waals surface area contributed by atoms with Gasteiger partial charge in [0.2, 0.25) is 11.8 Å². The van der Waals surface area contributed by atoms with E-state index in [-0.39, 0.29) is 11.8 Å². The highest BCUT2D eigenvalue weighted by Gasteiger charge is 2.34. The molecule has 0 radical (unpaired) electrons. The van der Waals surface area contributed by atoms with Gasteiger partial charge in [0.15, 0.2) is 0 Å². The van der Waals surface area contributed by atoms with E-state index in [1.54, 1.807) is 48.8 Å². The highest BCUT2D eigenvalue weighted by Crippen LogP contribution is 2.28. The Hall–Kier alpha value is -2.66. The molecule has 5 nitrogen and oxygen atoms in total. The number of pyridine rings is 1. The van der Waals surface area contributed by atoms with Crippen molar-refractivity contribution in [1.29, 1.82) is 0 Å². The minimum absolute atomic E-state index is 0.169. The maximum Gasteiger partial charge on any atom is 0.228 e. The number of amides is 2. The number of allylic oxidation sites excluding steroid dienone is 2. The fourth-order valence-electron chi connectivity index (χ4n) is 2.83. The molecule has 0 fully saturated rings. The first-order valence-corrected chi connectivity index (χ1v) is 8.43. The van der Waals surface area contributed by atoms with Gasteiger partial charge in [-0.15, -0.1) is 0 Å². The van der Waals surface area contributed by atoms with Gasteiger partial charge in [0.1, 0.15) is 0 Å². The first-order valence-electron chi connectivity index (χ1n) is 8.06. The second-order valence-electron chi connectivity index (χ2n) is 5.88. The molecule has 2 amide bonds. The Kier molecular flexibility index (Phi) is 5.46. The molecule has 1 aliphatic rings. The minimum atomic E-state index is -0.419. The summed E-state index contributed by atoms with van der Waals surface area (Å²) in [6.45, 7) is 0. The van der Waals surface area contributed by atoms with E-state index in [1.165, 1.54) is 0 Å². The second-order valence-corrected chi connectivity index (χ2v) is 6.32. The maximum absolute atomic E-state index is 12.6. The summed E-state index contributed by atoms with van der Waals surface area (Å²) in [6, 6.07) is 10.4. The van der Waals surface area contributed by atoms with Gasteiger partial charge in [-0.1, -0.05) is 23.8 Å². The zero-order valence-electron chi connectivity index (χ0n) is 13.5. The Morgan fingerprint density at radius 3 is 2.08 bits per heavy atom. The van der Waals surface area contributed by atoms with E-state index in [9.17, 15) is 9.59 Å². The molecule has 0 saturated carbocycles. The molecule has 2 aromatic rings. The molecule has 6 heteroatoms. The Balaban J connectivity index is 1.69. The summed E-state index contributed by atoms with van der Waals surface area (Å²) in [7, 11) is 0. The molecular formula is C19H18ClN3O2. The summed E-state index contributed by atoms with van der Waals surface area (Å²) in [4.78, 5) is 29.2. The van der Waals surface area contributed by atoms with Crippen LogP contribution in [0.25, 0.3) is 0 Å². The number of hydrogen-bond acceptors (Lipinski definition) is 3. The third kappa shape index (κ3) is 4.45. The number of carbonyl (C=O) groups is 2. The summed E-state index contributed by atoms with van der Waals surface area (Å²) in [5.74, 6) is -1.18. The van der Waals surface area contributed by atoms with Crippen LogP contribution in [0.4, 0.5) is 11.4 Å². The van der Waals surface area contributed by atoms with Crippen molar-refractivity contribution in [3.8, 4) is 0 Å². The lowest BCUT2D eigenvalue weighted by Crippen LogP contribution is -2.37. The Morgan fingerprint density at radius 2 is 1.52 bits per heavy atom. The second kappa shape index (κ2) is 7.94. The largest absolute Gasteiger partial charge is 0.326 e. The van der Waals surface area contributed by atoms with Gasteiger partial charge >= 0.3 is 0 Å². The molecule has 0 bridgehead atoms. The van der Waals surface area contributed by atoms with E-state index in [2.05, 4.69) is 15.6 Å². The van der Waals surface area contributed by atoms with Crippen LogP contribution in [0.5, 0.6) is 0 Å². The average molecular weight is 356 g/mol. The summed E-state index contributed by atoms with van der Waals surface area (Å²) >= 11 is 5.86. The highest BCUT2D eigenvalue weighted by atomic mass is 35.5. The first kappa shape index (κ1) is 17.2. The lowest BCUT2D eigenvalue weighted by Gasteiger charge is -2.26. The van der Waals surface area contributed by atoms with Crippen molar-refractivity contribution in [3.63, 3.8) is 0 Å². The van der Waals surface area contributed by atoms with E-state index >= 15 is 0 Å². The van der Waals surface area contributed by atoms with Crippen LogP contribution in [0.1, 0.15) is 12.8 Å².